The number of carbonyl (C=O) groups is 1. The highest BCUT2D eigenvalue weighted by Gasteiger charge is 2.24. The van der Waals surface area contributed by atoms with E-state index in [2.05, 4.69) is 35.9 Å². The molecule has 0 aromatic rings. The second-order valence-electron chi connectivity index (χ2n) is 8.55. The zero-order chi connectivity index (χ0) is 20.4. The number of nitrogens with one attached hydrogen (secondary N) is 1. The number of guanidine groups is 1. The van der Waals surface area contributed by atoms with Crippen molar-refractivity contribution < 1.29 is 9.90 Å². The van der Waals surface area contributed by atoms with Gasteiger partial charge in [-0.25, -0.2) is 0 Å². The molecule has 2 aliphatic heterocycles. The summed E-state index contributed by atoms with van der Waals surface area (Å²) in [5.74, 6) is 2.30. The quantitative estimate of drug-likeness (QED) is 0.454. The Balaban J connectivity index is 1.84. The average Bonchev–Trinajstić information content (AvgIpc) is 3.20. The second kappa shape index (κ2) is 12.3. The molecule has 2 N–H and O–H groups in total. The van der Waals surface area contributed by atoms with Gasteiger partial charge in [0.05, 0.1) is 6.54 Å². The van der Waals surface area contributed by atoms with Crippen molar-refractivity contribution in [2.75, 3.05) is 65.5 Å². The number of aliphatic hydroxyl groups excluding tert-OH is 1. The van der Waals surface area contributed by atoms with E-state index in [4.69, 9.17) is 4.99 Å². The highest BCUT2D eigenvalue weighted by molar-refractivity contribution is 5.80. The van der Waals surface area contributed by atoms with Gasteiger partial charge >= 0.3 is 0 Å². The van der Waals surface area contributed by atoms with Crippen LogP contribution in [0.3, 0.4) is 0 Å². The molecule has 0 aromatic heterocycles. The van der Waals surface area contributed by atoms with Crippen LogP contribution in [0.2, 0.25) is 0 Å². The van der Waals surface area contributed by atoms with Gasteiger partial charge in [0.1, 0.15) is 0 Å². The predicted octanol–water partition coefficient (Wildman–Crippen LogP) is 1.24. The minimum Gasteiger partial charge on any atom is -0.396 e. The van der Waals surface area contributed by atoms with Crippen molar-refractivity contribution in [3.8, 4) is 0 Å². The van der Waals surface area contributed by atoms with Crippen LogP contribution in [0.15, 0.2) is 4.99 Å². The molecule has 28 heavy (non-hydrogen) atoms. The van der Waals surface area contributed by atoms with Crippen molar-refractivity contribution in [1.29, 1.82) is 0 Å². The third-order valence-corrected chi connectivity index (χ3v) is 5.67. The van der Waals surface area contributed by atoms with Gasteiger partial charge in [-0.15, -0.1) is 0 Å². The molecule has 2 saturated heterocycles. The Morgan fingerprint density at radius 3 is 2.32 bits per heavy atom. The standard InChI is InChI=1S/C21H41N5O2/c1-4-22-21(23-16-19(7-14-27)15-18(2)3)26-12-10-24(11-13-26)17-20(28)25-8-5-6-9-25/h18-19,27H,4-17H2,1-3H3,(H,22,23). The van der Waals surface area contributed by atoms with Gasteiger partial charge in [-0.1, -0.05) is 13.8 Å². The van der Waals surface area contributed by atoms with Gasteiger partial charge in [-0.2, -0.15) is 0 Å². The number of hydrogen-bond donors (Lipinski definition) is 2. The Morgan fingerprint density at radius 1 is 1.07 bits per heavy atom. The van der Waals surface area contributed by atoms with Crippen LogP contribution in [-0.4, -0.2) is 97.2 Å². The normalized spacial score (nSPS) is 20.1. The van der Waals surface area contributed by atoms with E-state index in [1.165, 1.54) is 0 Å². The number of rotatable bonds is 9. The maximum Gasteiger partial charge on any atom is 0.236 e. The van der Waals surface area contributed by atoms with Crippen LogP contribution in [-0.2, 0) is 4.79 Å². The number of aliphatic hydroxyl groups is 1. The molecular formula is C21H41N5O2. The maximum atomic E-state index is 12.4. The lowest BCUT2D eigenvalue weighted by molar-refractivity contribution is -0.131. The molecule has 7 heteroatoms. The Morgan fingerprint density at radius 2 is 1.75 bits per heavy atom. The predicted molar refractivity (Wildman–Crippen MR) is 114 cm³/mol. The smallest absolute Gasteiger partial charge is 0.236 e. The summed E-state index contributed by atoms with van der Waals surface area (Å²) in [5.41, 5.74) is 0. The third kappa shape index (κ3) is 7.59. The van der Waals surface area contributed by atoms with E-state index in [9.17, 15) is 9.90 Å². The molecule has 1 atom stereocenters. The molecule has 0 aromatic carbocycles. The minimum atomic E-state index is 0.229. The van der Waals surface area contributed by atoms with Gasteiger partial charge < -0.3 is 20.2 Å². The Kier molecular flexibility index (Phi) is 10.1. The molecule has 0 aliphatic carbocycles. The van der Waals surface area contributed by atoms with E-state index < -0.39 is 0 Å². The SMILES string of the molecule is CCNC(=NCC(CCO)CC(C)C)N1CCN(CC(=O)N2CCCC2)CC1. The summed E-state index contributed by atoms with van der Waals surface area (Å²) in [6, 6.07) is 0. The summed E-state index contributed by atoms with van der Waals surface area (Å²) in [5, 5.41) is 12.8. The number of carbonyl (C=O) groups excluding carboxylic acids is 1. The van der Waals surface area contributed by atoms with Crippen molar-refractivity contribution in [1.82, 2.24) is 20.0 Å². The van der Waals surface area contributed by atoms with Gasteiger partial charge in [0.2, 0.25) is 5.91 Å². The van der Waals surface area contributed by atoms with E-state index in [1.807, 2.05) is 4.90 Å². The number of aliphatic imine (C=N–C) groups is 1. The molecule has 2 rings (SSSR count). The fourth-order valence-electron chi connectivity index (χ4n) is 4.15. The second-order valence-corrected chi connectivity index (χ2v) is 8.55. The summed E-state index contributed by atoms with van der Waals surface area (Å²) in [6.45, 7) is 14.4. The zero-order valence-corrected chi connectivity index (χ0v) is 18.2. The van der Waals surface area contributed by atoms with E-state index in [1.54, 1.807) is 0 Å². The summed E-state index contributed by atoms with van der Waals surface area (Å²) in [6.07, 6.45) is 4.20. The zero-order valence-electron chi connectivity index (χ0n) is 18.2. The Bertz CT molecular complexity index is 483. The summed E-state index contributed by atoms with van der Waals surface area (Å²) < 4.78 is 0. The van der Waals surface area contributed by atoms with Crippen molar-refractivity contribution in [2.24, 2.45) is 16.8 Å². The van der Waals surface area contributed by atoms with Gasteiger partial charge in [-0.3, -0.25) is 14.7 Å². The fourth-order valence-corrected chi connectivity index (χ4v) is 4.15. The summed E-state index contributed by atoms with van der Waals surface area (Å²) >= 11 is 0. The Labute approximate surface area is 171 Å². The van der Waals surface area contributed by atoms with Gasteiger partial charge in [-0.05, 0) is 44.4 Å². The first kappa shape index (κ1) is 22.9. The molecule has 0 saturated carbocycles. The van der Waals surface area contributed by atoms with E-state index in [0.717, 1.165) is 84.0 Å². The number of likely N-dealkylation sites (tertiary alicyclic amines) is 1. The topological polar surface area (TPSA) is 71.4 Å². The van der Waals surface area contributed by atoms with Gasteiger partial charge in [0.15, 0.2) is 5.96 Å². The lowest BCUT2D eigenvalue weighted by Crippen LogP contribution is -2.54. The molecule has 2 fully saturated rings. The van der Waals surface area contributed by atoms with Crippen LogP contribution in [0.4, 0.5) is 0 Å². The first-order chi connectivity index (χ1) is 13.5. The van der Waals surface area contributed by atoms with E-state index in [0.29, 0.717) is 18.4 Å². The number of hydrogen-bond acceptors (Lipinski definition) is 4. The molecular weight excluding hydrogens is 354 g/mol. The fraction of sp³-hybridized carbons (Fsp3) is 0.905. The molecule has 0 spiro atoms. The molecule has 7 nitrogen and oxygen atoms in total. The molecule has 0 bridgehead atoms. The van der Waals surface area contributed by atoms with Crippen LogP contribution in [0, 0.1) is 11.8 Å². The van der Waals surface area contributed by atoms with E-state index in [-0.39, 0.29) is 12.5 Å². The van der Waals surface area contributed by atoms with Crippen LogP contribution in [0.5, 0.6) is 0 Å². The molecule has 2 heterocycles. The number of piperazine rings is 1. The van der Waals surface area contributed by atoms with Crippen LogP contribution >= 0.6 is 0 Å². The van der Waals surface area contributed by atoms with E-state index >= 15 is 0 Å². The maximum absolute atomic E-state index is 12.4. The monoisotopic (exact) mass is 395 g/mol. The largest absolute Gasteiger partial charge is 0.396 e. The molecule has 2 aliphatic rings. The number of amides is 1. The number of nitrogens with zero attached hydrogens (tertiary/aromatic N) is 4. The van der Waals surface area contributed by atoms with Crippen LogP contribution < -0.4 is 5.32 Å². The van der Waals surface area contributed by atoms with Crippen molar-refractivity contribution in [2.45, 2.75) is 46.5 Å². The highest BCUT2D eigenvalue weighted by atomic mass is 16.3. The van der Waals surface area contributed by atoms with Crippen LogP contribution in [0.25, 0.3) is 0 Å². The third-order valence-electron chi connectivity index (χ3n) is 5.67. The molecule has 1 amide bonds. The van der Waals surface area contributed by atoms with Crippen molar-refractivity contribution >= 4 is 11.9 Å². The van der Waals surface area contributed by atoms with Gasteiger partial charge in [0, 0.05) is 59.0 Å². The van der Waals surface area contributed by atoms with Crippen molar-refractivity contribution in [3.05, 3.63) is 0 Å². The first-order valence-electron chi connectivity index (χ1n) is 11.2. The van der Waals surface area contributed by atoms with Crippen molar-refractivity contribution in [3.63, 3.8) is 0 Å². The first-order valence-corrected chi connectivity index (χ1v) is 11.2. The lowest BCUT2D eigenvalue weighted by atomic mass is 9.94. The highest BCUT2D eigenvalue weighted by Crippen LogP contribution is 2.16. The average molecular weight is 396 g/mol. The van der Waals surface area contributed by atoms with Gasteiger partial charge in [0.25, 0.3) is 0 Å². The summed E-state index contributed by atoms with van der Waals surface area (Å²) in [4.78, 5) is 23.8. The molecule has 1 unspecified atom stereocenters. The molecule has 162 valence electrons. The lowest BCUT2D eigenvalue weighted by Gasteiger charge is -2.36. The Hall–Kier alpha value is -1.34. The summed E-state index contributed by atoms with van der Waals surface area (Å²) in [7, 11) is 0. The van der Waals surface area contributed by atoms with Crippen LogP contribution in [0.1, 0.15) is 46.5 Å². The minimum absolute atomic E-state index is 0.229. The molecule has 0 radical (unpaired) electrons.